The quantitative estimate of drug-likeness (QED) is 0.698. The van der Waals surface area contributed by atoms with Crippen LogP contribution in [-0.2, 0) is 16.0 Å². The monoisotopic (exact) mass is 304 g/mol. The predicted molar refractivity (Wildman–Crippen MR) is 79.9 cm³/mol. The maximum absolute atomic E-state index is 11.8. The van der Waals surface area contributed by atoms with Gasteiger partial charge in [-0.3, -0.25) is 4.79 Å². The number of hydrogen-bond acceptors (Lipinski definition) is 4. The first-order chi connectivity index (χ1) is 10.3. The first kappa shape index (κ1) is 17.7. The third kappa shape index (κ3) is 5.54. The minimum atomic E-state index is -1.22. The normalized spacial score (nSPS) is 13.2. The summed E-state index contributed by atoms with van der Waals surface area (Å²) in [4.78, 5) is 23.1. The number of carboxylic acid groups (broad SMARTS) is 1. The van der Waals surface area contributed by atoms with Gasteiger partial charge in [0.15, 0.2) is 0 Å². The van der Waals surface area contributed by atoms with Crippen LogP contribution in [0.1, 0.15) is 31.4 Å². The molecule has 6 nitrogen and oxygen atoms in total. The van der Waals surface area contributed by atoms with E-state index in [0.717, 1.165) is 0 Å². The lowest BCUT2D eigenvalue weighted by Gasteiger charge is -2.18. The van der Waals surface area contributed by atoms with Crippen molar-refractivity contribution in [3.63, 3.8) is 0 Å². The van der Waals surface area contributed by atoms with E-state index in [0.29, 0.717) is 11.1 Å². The zero-order valence-corrected chi connectivity index (χ0v) is 12.6. The molecule has 0 aliphatic carbocycles. The third-order valence-corrected chi connectivity index (χ3v) is 3.13. The van der Waals surface area contributed by atoms with Gasteiger partial charge in [-0.05, 0) is 30.0 Å². The molecule has 3 N–H and O–H groups in total. The molecule has 0 aromatic heterocycles. The SMILES string of the molecule is CC(C)C[C@H](O)C(=O)N[C@@H](Cc1ccc(C#N)cc1)C(=O)O. The van der Waals surface area contributed by atoms with Crippen molar-refractivity contribution < 1.29 is 19.8 Å². The molecular formula is C16H20N2O4. The Balaban J connectivity index is 2.71. The molecule has 1 aromatic carbocycles. The van der Waals surface area contributed by atoms with Crippen LogP contribution >= 0.6 is 0 Å². The summed E-state index contributed by atoms with van der Waals surface area (Å²) < 4.78 is 0. The molecule has 0 heterocycles. The Hall–Kier alpha value is -2.39. The van der Waals surface area contributed by atoms with Gasteiger partial charge in [-0.2, -0.15) is 5.26 Å². The minimum absolute atomic E-state index is 0.0845. The Morgan fingerprint density at radius 2 is 1.86 bits per heavy atom. The van der Waals surface area contributed by atoms with E-state index >= 15 is 0 Å². The van der Waals surface area contributed by atoms with Gasteiger partial charge in [0.1, 0.15) is 12.1 Å². The summed E-state index contributed by atoms with van der Waals surface area (Å²) in [5, 5.41) is 30.0. The molecule has 0 fully saturated rings. The van der Waals surface area contributed by atoms with E-state index in [-0.39, 0.29) is 18.8 Å². The summed E-state index contributed by atoms with van der Waals surface area (Å²) in [6, 6.07) is 7.32. The number of carbonyl (C=O) groups excluding carboxylic acids is 1. The minimum Gasteiger partial charge on any atom is -0.480 e. The smallest absolute Gasteiger partial charge is 0.326 e. The molecule has 0 unspecified atom stereocenters. The highest BCUT2D eigenvalue weighted by molar-refractivity contribution is 5.86. The van der Waals surface area contributed by atoms with Gasteiger partial charge >= 0.3 is 5.97 Å². The molecule has 2 atom stereocenters. The van der Waals surface area contributed by atoms with E-state index in [4.69, 9.17) is 5.26 Å². The van der Waals surface area contributed by atoms with Gasteiger partial charge in [0.05, 0.1) is 11.6 Å². The molecule has 0 aliphatic heterocycles. The van der Waals surface area contributed by atoms with Crippen LogP contribution in [-0.4, -0.2) is 34.2 Å². The first-order valence-corrected chi connectivity index (χ1v) is 7.03. The predicted octanol–water partition coefficient (Wildman–Crippen LogP) is 1.08. The number of hydrogen-bond donors (Lipinski definition) is 3. The number of aliphatic carboxylic acids is 1. The van der Waals surface area contributed by atoms with Crippen molar-refractivity contribution in [3.8, 4) is 6.07 Å². The molecule has 0 spiro atoms. The van der Waals surface area contributed by atoms with E-state index in [1.807, 2.05) is 19.9 Å². The third-order valence-electron chi connectivity index (χ3n) is 3.13. The number of aliphatic hydroxyl groups excluding tert-OH is 1. The number of carbonyl (C=O) groups is 2. The van der Waals surface area contributed by atoms with Crippen LogP contribution in [0.5, 0.6) is 0 Å². The highest BCUT2D eigenvalue weighted by Crippen LogP contribution is 2.08. The van der Waals surface area contributed by atoms with Crippen LogP contribution in [0, 0.1) is 17.2 Å². The summed E-state index contributed by atoms with van der Waals surface area (Å²) in [5.74, 6) is -1.73. The Labute approximate surface area is 129 Å². The van der Waals surface area contributed by atoms with Crippen molar-refractivity contribution in [2.75, 3.05) is 0 Å². The molecule has 0 bridgehead atoms. The molecule has 0 aliphatic rings. The van der Waals surface area contributed by atoms with Gasteiger partial charge in [-0.25, -0.2) is 4.79 Å². The summed E-state index contributed by atoms with van der Waals surface area (Å²) in [7, 11) is 0. The molecule has 1 rings (SSSR count). The van der Waals surface area contributed by atoms with Crippen molar-refractivity contribution in [2.24, 2.45) is 5.92 Å². The highest BCUT2D eigenvalue weighted by Gasteiger charge is 2.24. The van der Waals surface area contributed by atoms with Crippen LogP contribution in [0.2, 0.25) is 0 Å². The highest BCUT2D eigenvalue weighted by atomic mass is 16.4. The Bertz CT molecular complexity index is 561. The number of carboxylic acids is 1. The molecule has 0 saturated heterocycles. The molecular weight excluding hydrogens is 284 g/mol. The van der Waals surface area contributed by atoms with E-state index in [1.54, 1.807) is 24.3 Å². The molecule has 6 heteroatoms. The molecule has 0 radical (unpaired) electrons. The van der Waals surface area contributed by atoms with E-state index in [9.17, 15) is 19.8 Å². The summed E-state index contributed by atoms with van der Waals surface area (Å²) in [6.45, 7) is 3.73. The number of rotatable bonds is 7. The van der Waals surface area contributed by atoms with Crippen molar-refractivity contribution in [1.29, 1.82) is 5.26 Å². The number of nitrogens with one attached hydrogen (secondary N) is 1. The maximum Gasteiger partial charge on any atom is 0.326 e. The lowest BCUT2D eigenvalue weighted by atomic mass is 10.0. The van der Waals surface area contributed by atoms with Gasteiger partial charge in [0.25, 0.3) is 0 Å². The van der Waals surface area contributed by atoms with E-state index < -0.39 is 24.0 Å². The van der Waals surface area contributed by atoms with Crippen molar-refractivity contribution in [1.82, 2.24) is 5.32 Å². The summed E-state index contributed by atoms with van der Waals surface area (Å²) >= 11 is 0. The van der Waals surface area contributed by atoms with Crippen LogP contribution in [0.25, 0.3) is 0 Å². The van der Waals surface area contributed by atoms with Gasteiger partial charge in [0, 0.05) is 6.42 Å². The lowest BCUT2D eigenvalue weighted by molar-refractivity contribution is -0.143. The fraction of sp³-hybridized carbons (Fsp3) is 0.438. The van der Waals surface area contributed by atoms with Gasteiger partial charge < -0.3 is 15.5 Å². The van der Waals surface area contributed by atoms with E-state index in [2.05, 4.69) is 5.32 Å². The van der Waals surface area contributed by atoms with Crippen molar-refractivity contribution in [2.45, 2.75) is 38.8 Å². The molecule has 1 amide bonds. The maximum atomic E-state index is 11.8. The number of amides is 1. The zero-order chi connectivity index (χ0) is 16.7. The molecule has 1 aromatic rings. The van der Waals surface area contributed by atoms with E-state index in [1.165, 1.54) is 0 Å². The van der Waals surface area contributed by atoms with Crippen LogP contribution < -0.4 is 5.32 Å². The summed E-state index contributed by atoms with van der Waals surface area (Å²) in [5.41, 5.74) is 1.16. The van der Waals surface area contributed by atoms with Crippen LogP contribution in [0.15, 0.2) is 24.3 Å². The standard InChI is InChI=1S/C16H20N2O4/c1-10(2)7-14(19)15(20)18-13(16(21)22)8-11-3-5-12(9-17)6-4-11/h3-6,10,13-14,19H,7-8H2,1-2H3,(H,18,20)(H,21,22)/t13-,14-/m0/s1. The lowest BCUT2D eigenvalue weighted by Crippen LogP contribution is -2.46. The first-order valence-electron chi connectivity index (χ1n) is 7.03. The molecule has 118 valence electrons. The second kappa shape index (κ2) is 8.15. The number of nitriles is 1. The van der Waals surface area contributed by atoms with Crippen molar-refractivity contribution in [3.05, 3.63) is 35.4 Å². The van der Waals surface area contributed by atoms with Crippen LogP contribution in [0.3, 0.4) is 0 Å². The fourth-order valence-corrected chi connectivity index (χ4v) is 1.97. The topological polar surface area (TPSA) is 110 Å². The Morgan fingerprint density at radius 3 is 2.32 bits per heavy atom. The van der Waals surface area contributed by atoms with Gasteiger partial charge in [-0.1, -0.05) is 26.0 Å². The van der Waals surface area contributed by atoms with Crippen LogP contribution in [0.4, 0.5) is 0 Å². The average Bonchev–Trinajstić information content (AvgIpc) is 2.46. The number of nitrogens with zero attached hydrogens (tertiary/aromatic N) is 1. The Morgan fingerprint density at radius 1 is 1.27 bits per heavy atom. The van der Waals surface area contributed by atoms with Crippen molar-refractivity contribution >= 4 is 11.9 Å². The largest absolute Gasteiger partial charge is 0.480 e. The average molecular weight is 304 g/mol. The second-order valence-electron chi connectivity index (χ2n) is 5.56. The fourth-order valence-electron chi connectivity index (χ4n) is 1.97. The Kier molecular flexibility index (Phi) is 6.54. The molecule has 22 heavy (non-hydrogen) atoms. The zero-order valence-electron chi connectivity index (χ0n) is 12.6. The second-order valence-corrected chi connectivity index (χ2v) is 5.56. The number of aliphatic hydroxyl groups is 1. The van der Waals surface area contributed by atoms with Gasteiger partial charge in [-0.15, -0.1) is 0 Å². The number of benzene rings is 1. The summed E-state index contributed by atoms with van der Waals surface area (Å²) in [6.07, 6.45) is -0.862. The van der Waals surface area contributed by atoms with Gasteiger partial charge in [0.2, 0.25) is 5.91 Å². The molecule has 0 saturated carbocycles.